The van der Waals surface area contributed by atoms with Gasteiger partial charge in [0, 0.05) is 13.1 Å². The second kappa shape index (κ2) is 6.72. The molecule has 0 spiro atoms. The highest BCUT2D eigenvalue weighted by Gasteiger charge is 2.39. The van der Waals surface area contributed by atoms with Crippen LogP contribution in [-0.2, 0) is 11.3 Å². The van der Waals surface area contributed by atoms with Crippen LogP contribution >= 0.6 is 0 Å². The molecule has 1 amide bonds. The number of carbonyl (C=O) groups is 2. The molecule has 2 rings (SSSR count). The molecule has 1 unspecified atom stereocenters. The first-order valence-electron chi connectivity index (χ1n) is 7.39. The molecule has 1 saturated heterocycles. The van der Waals surface area contributed by atoms with E-state index in [1.54, 1.807) is 18.2 Å². The van der Waals surface area contributed by atoms with E-state index in [1.165, 1.54) is 0 Å². The molecule has 0 aromatic heterocycles. The topological polar surface area (TPSA) is 78.4 Å². The van der Waals surface area contributed by atoms with Crippen molar-refractivity contribution in [1.82, 2.24) is 10.6 Å². The van der Waals surface area contributed by atoms with Gasteiger partial charge in [0.25, 0.3) is 0 Å². The molecule has 114 valence electrons. The Morgan fingerprint density at radius 1 is 1.43 bits per heavy atom. The number of carboxylic acid groups (broad SMARTS) is 1. The van der Waals surface area contributed by atoms with Crippen LogP contribution in [0.4, 0.5) is 0 Å². The fourth-order valence-corrected chi connectivity index (χ4v) is 2.93. The molecular formula is C16H22N2O3. The number of carboxylic acids is 1. The van der Waals surface area contributed by atoms with Crippen LogP contribution in [0.15, 0.2) is 24.3 Å². The van der Waals surface area contributed by atoms with Crippen LogP contribution in [0.2, 0.25) is 0 Å². The first-order valence-corrected chi connectivity index (χ1v) is 7.39. The van der Waals surface area contributed by atoms with E-state index in [9.17, 15) is 9.59 Å². The molecule has 3 N–H and O–H groups in total. The highest BCUT2D eigenvalue weighted by atomic mass is 16.4. The van der Waals surface area contributed by atoms with Gasteiger partial charge in [-0.3, -0.25) is 4.79 Å². The van der Waals surface area contributed by atoms with E-state index >= 15 is 0 Å². The van der Waals surface area contributed by atoms with Gasteiger partial charge in [-0.1, -0.05) is 25.5 Å². The van der Waals surface area contributed by atoms with E-state index in [2.05, 4.69) is 17.6 Å². The fraction of sp³-hybridized carbons (Fsp3) is 0.500. The number of benzene rings is 1. The van der Waals surface area contributed by atoms with Gasteiger partial charge in [-0.2, -0.15) is 0 Å². The summed E-state index contributed by atoms with van der Waals surface area (Å²) in [7, 11) is 0. The maximum atomic E-state index is 12.5. The van der Waals surface area contributed by atoms with Crippen molar-refractivity contribution < 1.29 is 14.7 Å². The van der Waals surface area contributed by atoms with Crippen molar-refractivity contribution in [3.8, 4) is 0 Å². The number of aromatic carboxylic acids is 1. The number of carbonyl (C=O) groups excluding carboxylic acids is 1. The Balaban J connectivity index is 2.00. The summed E-state index contributed by atoms with van der Waals surface area (Å²) in [6.07, 6.45) is 2.71. The standard InChI is InChI=1S/C16H22N2O3/c1-2-6-16(7-8-17-11-16)15(21)18-10-12-4-3-5-13(9-12)14(19)20/h3-5,9,17H,2,6-8,10-11H2,1H3,(H,18,21)(H,19,20). The lowest BCUT2D eigenvalue weighted by atomic mass is 9.81. The van der Waals surface area contributed by atoms with E-state index in [4.69, 9.17) is 5.11 Å². The average molecular weight is 290 g/mol. The number of nitrogens with one attached hydrogen (secondary N) is 2. The van der Waals surface area contributed by atoms with E-state index in [0.29, 0.717) is 6.54 Å². The van der Waals surface area contributed by atoms with Gasteiger partial charge in [-0.05, 0) is 37.1 Å². The van der Waals surface area contributed by atoms with Crippen molar-refractivity contribution in [2.45, 2.75) is 32.7 Å². The van der Waals surface area contributed by atoms with Crippen LogP contribution in [0.3, 0.4) is 0 Å². The Kier molecular flexibility index (Phi) is 4.96. The Morgan fingerprint density at radius 3 is 2.86 bits per heavy atom. The zero-order valence-electron chi connectivity index (χ0n) is 12.3. The fourth-order valence-electron chi connectivity index (χ4n) is 2.93. The Hall–Kier alpha value is -1.88. The number of hydrogen-bond acceptors (Lipinski definition) is 3. The van der Waals surface area contributed by atoms with Gasteiger partial charge >= 0.3 is 5.97 Å². The molecular weight excluding hydrogens is 268 g/mol. The zero-order chi connectivity index (χ0) is 15.3. The smallest absolute Gasteiger partial charge is 0.335 e. The summed E-state index contributed by atoms with van der Waals surface area (Å²) in [5, 5.41) is 15.2. The SMILES string of the molecule is CCCC1(C(=O)NCc2cccc(C(=O)O)c2)CCNC1. The van der Waals surface area contributed by atoms with E-state index in [1.807, 2.05) is 6.07 Å². The molecule has 0 saturated carbocycles. The van der Waals surface area contributed by atoms with Gasteiger partial charge < -0.3 is 15.7 Å². The quantitative estimate of drug-likeness (QED) is 0.746. The third-order valence-electron chi connectivity index (χ3n) is 4.08. The molecule has 1 heterocycles. The summed E-state index contributed by atoms with van der Waals surface area (Å²) in [6.45, 7) is 4.05. The highest BCUT2D eigenvalue weighted by Crippen LogP contribution is 2.31. The largest absolute Gasteiger partial charge is 0.478 e. The molecule has 1 aromatic rings. The maximum Gasteiger partial charge on any atom is 0.335 e. The Bertz CT molecular complexity index is 522. The predicted molar refractivity (Wildman–Crippen MR) is 80.1 cm³/mol. The summed E-state index contributed by atoms with van der Waals surface area (Å²) < 4.78 is 0. The number of amides is 1. The molecule has 1 aliphatic heterocycles. The Labute approximate surface area is 124 Å². The molecule has 0 bridgehead atoms. The van der Waals surface area contributed by atoms with E-state index in [0.717, 1.165) is 37.9 Å². The van der Waals surface area contributed by atoms with Crippen molar-refractivity contribution in [3.63, 3.8) is 0 Å². The van der Waals surface area contributed by atoms with E-state index in [-0.39, 0.29) is 16.9 Å². The van der Waals surface area contributed by atoms with Gasteiger partial charge in [0.05, 0.1) is 11.0 Å². The van der Waals surface area contributed by atoms with Crippen LogP contribution in [0, 0.1) is 5.41 Å². The van der Waals surface area contributed by atoms with Crippen LogP contribution in [0.25, 0.3) is 0 Å². The normalized spacial score (nSPS) is 21.2. The molecule has 1 aliphatic rings. The minimum atomic E-state index is -0.953. The number of rotatable bonds is 6. The lowest BCUT2D eigenvalue weighted by molar-refractivity contribution is -0.130. The summed E-state index contributed by atoms with van der Waals surface area (Å²) in [5.41, 5.74) is 0.743. The van der Waals surface area contributed by atoms with Crippen molar-refractivity contribution in [3.05, 3.63) is 35.4 Å². The monoisotopic (exact) mass is 290 g/mol. The lowest BCUT2D eigenvalue weighted by Gasteiger charge is -2.26. The first-order chi connectivity index (χ1) is 10.1. The van der Waals surface area contributed by atoms with Crippen molar-refractivity contribution >= 4 is 11.9 Å². The van der Waals surface area contributed by atoms with Gasteiger partial charge in [-0.25, -0.2) is 4.79 Å². The van der Waals surface area contributed by atoms with Gasteiger partial charge in [0.2, 0.25) is 5.91 Å². The summed E-state index contributed by atoms with van der Waals surface area (Å²) in [5.74, 6) is -0.888. The zero-order valence-corrected chi connectivity index (χ0v) is 12.3. The molecule has 5 nitrogen and oxygen atoms in total. The van der Waals surface area contributed by atoms with Gasteiger partial charge in [0.15, 0.2) is 0 Å². The van der Waals surface area contributed by atoms with Crippen molar-refractivity contribution in [1.29, 1.82) is 0 Å². The second-order valence-corrected chi connectivity index (χ2v) is 5.65. The van der Waals surface area contributed by atoms with Crippen LogP contribution in [0.1, 0.15) is 42.1 Å². The molecule has 1 fully saturated rings. The van der Waals surface area contributed by atoms with Gasteiger partial charge in [-0.15, -0.1) is 0 Å². The summed E-state index contributed by atoms with van der Waals surface area (Å²) in [4.78, 5) is 23.4. The van der Waals surface area contributed by atoms with Crippen LogP contribution in [-0.4, -0.2) is 30.1 Å². The summed E-state index contributed by atoms with van der Waals surface area (Å²) in [6, 6.07) is 6.67. The highest BCUT2D eigenvalue weighted by molar-refractivity contribution is 5.87. The van der Waals surface area contributed by atoms with Gasteiger partial charge in [0.1, 0.15) is 0 Å². The molecule has 0 aliphatic carbocycles. The first kappa shape index (κ1) is 15.5. The minimum absolute atomic E-state index is 0.0649. The van der Waals surface area contributed by atoms with Crippen LogP contribution < -0.4 is 10.6 Å². The average Bonchev–Trinajstić information content (AvgIpc) is 2.95. The second-order valence-electron chi connectivity index (χ2n) is 5.65. The maximum absolute atomic E-state index is 12.5. The number of hydrogen-bond donors (Lipinski definition) is 3. The Morgan fingerprint density at radius 2 is 2.24 bits per heavy atom. The van der Waals surface area contributed by atoms with Crippen LogP contribution in [0.5, 0.6) is 0 Å². The summed E-state index contributed by atoms with van der Waals surface area (Å²) >= 11 is 0. The molecule has 1 atom stereocenters. The minimum Gasteiger partial charge on any atom is -0.478 e. The third kappa shape index (κ3) is 3.61. The molecule has 0 radical (unpaired) electrons. The molecule has 21 heavy (non-hydrogen) atoms. The predicted octanol–water partition coefficient (Wildman–Crippen LogP) is 1.78. The lowest BCUT2D eigenvalue weighted by Crippen LogP contribution is -2.42. The third-order valence-corrected chi connectivity index (χ3v) is 4.08. The van der Waals surface area contributed by atoms with Crippen molar-refractivity contribution in [2.75, 3.05) is 13.1 Å². The molecule has 1 aromatic carbocycles. The van der Waals surface area contributed by atoms with Crippen molar-refractivity contribution in [2.24, 2.45) is 5.41 Å². The van der Waals surface area contributed by atoms with E-state index < -0.39 is 5.97 Å². The molecule has 5 heteroatoms.